The van der Waals surface area contributed by atoms with Gasteiger partial charge in [-0.25, -0.2) is 8.42 Å². The highest BCUT2D eigenvalue weighted by atomic mass is 35.7. The second-order valence-corrected chi connectivity index (χ2v) is 6.26. The molecule has 0 aliphatic carbocycles. The predicted octanol–water partition coefficient (Wildman–Crippen LogP) is 3.17. The van der Waals surface area contributed by atoms with Crippen LogP contribution in [0.25, 0.3) is 0 Å². The lowest BCUT2D eigenvalue weighted by Crippen LogP contribution is -2.19. The Bertz CT molecular complexity index is 552. The van der Waals surface area contributed by atoms with E-state index in [4.69, 9.17) is 10.7 Å². The third-order valence-corrected chi connectivity index (χ3v) is 3.59. The molecule has 0 saturated heterocycles. The zero-order chi connectivity index (χ0) is 14.1. The summed E-state index contributed by atoms with van der Waals surface area (Å²) in [5.74, 6) is -0.0195. The van der Waals surface area contributed by atoms with Crippen LogP contribution in [0.15, 0.2) is 17.0 Å². The number of benzene rings is 1. The van der Waals surface area contributed by atoms with E-state index in [1.54, 1.807) is 0 Å². The Balaban J connectivity index is 3.09. The average molecular weight is 303 g/mol. The van der Waals surface area contributed by atoms with E-state index < -0.39 is 21.8 Å². The number of hydrogen-bond donors (Lipinski definition) is 0. The summed E-state index contributed by atoms with van der Waals surface area (Å²) in [5, 5.41) is 0. The van der Waals surface area contributed by atoms with E-state index >= 15 is 0 Å². The molecule has 1 rings (SSSR count). The molecule has 0 amide bonds. The van der Waals surface area contributed by atoms with Crippen LogP contribution in [0.5, 0.6) is 5.75 Å². The van der Waals surface area contributed by atoms with E-state index in [2.05, 4.69) is 4.74 Å². The van der Waals surface area contributed by atoms with Crippen molar-refractivity contribution >= 4 is 19.7 Å². The van der Waals surface area contributed by atoms with E-state index in [1.165, 1.54) is 26.0 Å². The van der Waals surface area contributed by atoms with E-state index in [0.29, 0.717) is 0 Å². The minimum atomic E-state index is -4.45. The average Bonchev–Trinajstić information content (AvgIpc) is 2.15. The van der Waals surface area contributed by atoms with Gasteiger partial charge in [0.25, 0.3) is 9.05 Å². The molecule has 8 heteroatoms. The van der Waals surface area contributed by atoms with Crippen LogP contribution < -0.4 is 4.74 Å². The van der Waals surface area contributed by atoms with Crippen molar-refractivity contribution in [1.82, 2.24) is 0 Å². The highest BCUT2D eigenvalue weighted by molar-refractivity contribution is 8.13. The van der Waals surface area contributed by atoms with Crippen molar-refractivity contribution in [3.63, 3.8) is 0 Å². The Morgan fingerprint density at radius 2 is 1.78 bits per heavy atom. The van der Waals surface area contributed by atoms with Crippen LogP contribution in [-0.2, 0) is 9.05 Å². The fourth-order valence-corrected chi connectivity index (χ4v) is 2.60. The summed E-state index contributed by atoms with van der Waals surface area (Å²) in [6.07, 6.45) is -4.45. The quantitative estimate of drug-likeness (QED) is 0.806. The standard InChI is InChI=1S/C10H10ClF3O3S/c1-6-4-9(18(11,15)16)7(2)3-8(6)17-5-10(12,13)14/h3-4H,5H2,1-2H3. The van der Waals surface area contributed by atoms with Crippen molar-refractivity contribution in [3.8, 4) is 5.75 Å². The fourth-order valence-electron chi connectivity index (χ4n) is 1.34. The molecule has 0 fully saturated rings. The van der Waals surface area contributed by atoms with Gasteiger partial charge in [-0.15, -0.1) is 0 Å². The zero-order valence-corrected chi connectivity index (χ0v) is 11.1. The van der Waals surface area contributed by atoms with Crippen molar-refractivity contribution in [1.29, 1.82) is 0 Å². The van der Waals surface area contributed by atoms with E-state index in [1.807, 2.05) is 0 Å². The Morgan fingerprint density at radius 1 is 1.22 bits per heavy atom. The molecular formula is C10H10ClF3O3S. The first-order chi connectivity index (χ1) is 8.00. The topological polar surface area (TPSA) is 43.4 Å². The highest BCUT2D eigenvalue weighted by Gasteiger charge is 2.29. The molecule has 3 nitrogen and oxygen atoms in total. The second-order valence-electron chi connectivity index (χ2n) is 3.72. The van der Waals surface area contributed by atoms with Crippen molar-refractivity contribution in [2.75, 3.05) is 6.61 Å². The molecule has 0 spiro atoms. The van der Waals surface area contributed by atoms with Gasteiger partial charge in [0.05, 0.1) is 4.90 Å². The monoisotopic (exact) mass is 302 g/mol. The molecule has 0 heterocycles. The first-order valence-corrected chi connectivity index (χ1v) is 7.07. The summed E-state index contributed by atoms with van der Waals surface area (Å²) in [7, 11) is 1.27. The van der Waals surface area contributed by atoms with Crippen LogP contribution in [0, 0.1) is 13.8 Å². The Morgan fingerprint density at radius 3 is 2.22 bits per heavy atom. The van der Waals surface area contributed by atoms with Gasteiger partial charge >= 0.3 is 6.18 Å². The molecule has 0 aromatic heterocycles. The smallest absolute Gasteiger partial charge is 0.422 e. The molecule has 0 radical (unpaired) electrons. The molecule has 0 N–H and O–H groups in total. The van der Waals surface area contributed by atoms with Gasteiger partial charge in [-0.2, -0.15) is 13.2 Å². The van der Waals surface area contributed by atoms with Gasteiger partial charge in [0.15, 0.2) is 6.61 Å². The third kappa shape index (κ3) is 4.06. The van der Waals surface area contributed by atoms with Crippen LogP contribution in [0.2, 0.25) is 0 Å². The van der Waals surface area contributed by atoms with Gasteiger partial charge in [0.1, 0.15) is 5.75 Å². The number of aryl methyl sites for hydroxylation is 2. The normalized spacial score (nSPS) is 12.6. The summed E-state index contributed by atoms with van der Waals surface area (Å²) < 4.78 is 62.9. The van der Waals surface area contributed by atoms with Crippen LogP contribution in [-0.4, -0.2) is 21.2 Å². The van der Waals surface area contributed by atoms with E-state index in [-0.39, 0.29) is 21.8 Å². The van der Waals surface area contributed by atoms with Crippen LogP contribution >= 0.6 is 10.7 Å². The fraction of sp³-hybridized carbons (Fsp3) is 0.400. The Kier molecular flexibility index (Phi) is 4.17. The van der Waals surface area contributed by atoms with Gasteiger partial charge in [-0.3, -0.25) is 0 Å². The summed E-state index contributed by atoms with van der Waals surface area (Å²) >= 11 is 0. The maximum atomic E-state index is 12.0. The lowest BCUT2D eigenvalue weighted by molar-refractivity contribution is -0.153. The molecule has 1 aromatic carbocycles. The number of rotatable bonds is 3. The number of hydrogen-bond acceptors (Lipinski definition) is 3. The van der Waals surface area contributed by atoms with Crippen molar-refractivity contribution in [2.24, 2.45) is 0 Å². The number of halogens is 4. The van der Waals surface area contributed by atoms with Gasteiger partial charge in [-0.1, -0.05) is 0 Å². The Hall–Kier alpha value is -0.950. The highest BCUT2D eigenvalue weighted by Crippen LogP contribution is 2.29. The molecule has 0 aliphatic rings. The van der Waals surface area contributed by atoms with Crippen molar-refractivity contribution in [3.05, 3.63) is 23.3 Å². The minimum Gasteiger partial charge on any atom is -0.484 e. The molecule has 0 atom stereocenters. The summed E-state index contributed by atoms with van der Waals surface area (Å²) in [4.78, 5) is -0.138. The largest absolute Gasteiger partial charge is 0.484 e. The molecule has 0 unspecified atom stereocenters. The van der Waals surface area contributed by atoms with Crippen LogP contribution in [0.4, 0.5) is 13.2 Å². The maximum absolute atomic E-state index is 12.0. The second kappa shape index (κ2) is 4.97. The zero-order valence-electron chi connectivity index (χ0n) is 9.51. The molecule has 0 saturated carbocycles. The van der Waals surface area contributed by atoms with Crippen molar-refractivity contribution in [2.45, 2.75) is 24.9 Å². The van der Waals surface area contributed by atoms with Gasteiger partial charge in [0.2, 0.25) is 0 Å². The SMILES string of the molecule is Cc1cc(S(=O)(=O)Cl)c(C)cc1OCC(F)(F)F. The van der Waals surface area contributed by atoms with Crippen LogP contribution in [0.1, 0.15) is 11.1 Å². The molecule has 18 heavy (non-hydrogen) atoms. The molecular weight excluding hydrogens is 293 g/mol. The first kappa shape index (κ1) is 15.1. The number of ether oxygens (including phenoxy) is 1. The van der Waals surface area contributed by atoms with Crippen molar-refractivity contribution < 1.29 is 26.3 Å². The molecule has 1 aromatic rings. The molecule has 0 bridgehead atoms. The van der Waals surface area contributed by atoms with E-state index in [9.17, 15) is 21.6 Å². The predicted molar refractivity (Wildman–Crippen MR) is 60.5 cm³/mol. The molecule has 0 aliphatic heterocycles. The summed E-state index contributed by atoms with van der Waals surface area (Å²) in [6, 6.07) is 2.40. The summed E-state index contributed by atoms with van der Waals surface area (Å²) in [5.41, 5.74) is 0.497. The summed E-state index contributed by atoms with van der Waals surface area (Å²) in [6.45, 7) is 1.44. The van der Waals surface area contributed by atoms with Crippen LogP contribution in [0.3, 0.4) is 0 Å². The lowest BCUT2D eigenvalue weighted by atomic mass is 10.1. The Labute approximate surface area is 107 Å². The van der Waals surface area contributed by atoms with E-state index in [0.717, 1.165) is 0 Å². The maximum Gasteiger partial charge on any atom is 0.422 e. The minimum absolute atomic E-state index is 0.0195. The molecule has 102 valence electrons. The van der Waals surface area contributed by atoms with Gasteiger partial charge < -0.3 is 4.74 Å². The third-order valence-electron chi connectivity index (χ3n) is 2.13. The number of alkyl halides is 3. The van der Waals surface area contributed by atoms with Gasteiger partial charge in [0, 0.05) is 10.7 Å². The lowest BCUT2D eigenvalue weighted by Gasteiger charge is -2.13. The van der Waals surface area contributed by atoms with Gasteiger partial charge in [-0.05, 0) is 37.1 Å². The first-order valence-electron chi connectivity index (χ1n) is 4.76.